The first-order chi connectivity index (χ1) is 16.6. The number of aliphatic carboxylic acids is 1. The Morgan fingerprint density at radius 2 is 1.88 bits per heavy atom. The summed E-state index contributed by atoms with van der Waals surface area (Å²) in [5.41, 5.74) is 3.28. The van der Waals surface area contributed by atoms with Gasteiger partial charge in [0, 0.05) is 17.3 Å². The third-order valence-corrected chi connectivity index (χ3v) is 6.60. The van der Waals surface area contributed by atoms with Gasteiger partial charge in [-0.3, -0.25) is 0 Å². The van der Waals surface area contributed by atoms with Crippen LogP contribution in [0.15, 0.2) is 61.2 Å². The highest BCUT2D eigenvalue weighted by atomic mass is 16.5. The smallest absolute Gasteiger partial charge is 0.326 e. The number of nitrogens with one attached hydrogen (secondary N) is 3. The summed E-state index contributed by atoms with van der Waals surface area (Å²) in [5.74, 6) is 0.780. The Kier molecular flexibility index (Phi) is 8.26. The second-order valence-electron chi connectivity index (χ2n) is 9.17. The van der Waals surface area contributed by atoms with Crippen molar-refractivity contribution in [3.05, 3.63) is 72.4 Å². The number of carboxylic acids is 1. The van der Waals surface area contributed by atoms with E-state index in [0.29, 0.717) is 18.7 Å². The van der Waals surface area contributed by atoms with E-state index in [1.807, 2.05) is 54.6 Å². The van der Waals surface area contributed by atoms with Gasteiger partial charge in [0.15, 0.2) is 0 Å². The van der Waals surface area contributed by atoms with Crippen molar-refractivity contribution in [1.82, 2.24) is 15.6 Å². The predicted octanol–water partition coefficient (Wildman–Crippen LogP) is 4.97. The summed E-state index contributed by atoms with van der Waals surface area (Å²) >= 11 is 0. The van der Waals surface area contributed by atoms with E-state index in [9.17, 15) is 9.90 Å². The molecule has 4 N–H and O–H groups in total. The van der Waals surface area contributed by atoms with E-state index in [1.54, 1.807) is 0 Å². The Balaban J connectivity index is 1.24. The Labute approximate surface area is 201 Å². The minimum absolute atomic E-state index is 0.352. The number of H-pyrrole nitrogens is 1. The van der Waals surface area contributed by atoms with Crippen molar-refractivity contribution in [2.45, 2.75) is 44.6 Å². The molecule has 0 radical (unpaired) electrons. The second kappa shape index (κ2) is 11.7. The molecule has 2 aromatic carbocycles. The molecule has 0 aliphatic carbocycles. The van der Waals surface area contributed by atoms with Gasteiger partial charge in [-0.25, -0.2) is 4.79 Å². The molecule has 2 heterocycles. The molecule has 6 nitrogen and oxygen atoms in total. The number of fused-ring (bicyclic) bond motifs is 1. The first-order valence-electron chi connectivity index (χ1n) is 12.3. The highest BCUT2D eigenvalue weighted by Gasteiger charge is 2.19. The molecular formula is C28H35N3O3. The van der Waals surface area contributed by atoms with Gasteiger partial charge in [-0.05, 0) is 74.5 Å². The largest absolute Gasteiger partial charge is 0.494 e. The Morgan fingerprint density at radius 3 is 2.62 bits per heavy atom. The highest BCUT2D eigenvalue weighted by Crippen LogP contribution is 2.21. The van der Waals surface area contributed by atoms with Gasteiger partial charge in [0.05, 0.1) is 18.0 Å². The molecule has 1 aromatic heterocycles. The molecule has 1 unspecified atom stereocenters. The molecule has 0 amide bonds. The second-order valence-corrected chi connectivity index (χ2v) is 9.17. The molecule has 1 atom stereocenters. The highest BCUT2D eigenvalue weighted by molar-refractivity contribution is 5.85. The third kappa shape index (κ3) is 6.64. The predicted molar refractivity (Wildman–Crippen MR) is 137 cm³/mol. The van der Waals surface area contributed by atoms with Crippen molar-refractivity contribution >= 4 is 22.6 Å². The molecule has 34 heavy (non-hydrogen) atoms. The van der Waals surface area contributed by atoms with Crippen LogP contribution >= 0.6 is 0 Å². The van der Waals surface area contributed by atoms with Gasteiger partial charge in [-0.1, -0.05) is 43.3 Å². The summed E-state index contributed by atoms with van der Waals surface area (Å²) in [7, 11) is 0. The lowest BCUT2D eigenvalue weighted by Crippen LogP contribution is -2.37. The van der Waals surface area contributed by atoms with E-state index in [2.05, 4.69) is 22.2 Å². The van der Waals surface area contributed by atoms with Crippen LogP contribution in [0.4, 0.5) is 0 Å². The van der Waals surface area contributed by atoms with E-state index in [-0.39, 0.29) is 0 Å². The number of carbonyl (C=O) groups is 1. The maximum absolute atomic E-state index is 11.9. The number of rotatable bonds is 12. The van der Waals surface area contributed by atoms with Gasteiger partial charge >= 0.3 is 5.97 Å². The van der Waals surface area contributed by atoms with Crippen molar-refractivity contribution in [2.24, 2.45) is 5.92 Å². The molecule has 180 valence electrons. The van der Waals surface area contributed by atoms with Crippen LogP contribution in [0.25, 0.3) is 16.6 Å². The van der Waals surface area contributed by atoms with Gasteiger partial charge in [0.25, 0.3) is 0 Å². The lowest BCUT2D eigenvalue weighted by molar-refractivity contribution is -0.139. The first-order valence-corrected chi connectivity index (χ1v) is 12.3. The third-order valence-electron chi connectivity index (χ3n) is 6.60. The molecule has 1 fully saturated rings. The lowest BCUT2D eigenvalue weighted by atomic mass is 9.93. The summed E-state index contributed by atoms with van der Waals surface area (Å²) < 4.78 is 5.89. The minimum Gasteiger partial charge on any atom is -0.494 e. The number of unbranched alkanes of at least 4 members (excludes halogenated alkanes) is 1. The number of ether oxygens (including phenoxy) is 1. The van der Waals surface area contributed by atoms with Crippen molar-refractivity contribution in [3.63, 3.8) is 0 Å². The summed E-state index contributed by atoms with van der Waals surface area (Å²) in [5, 5.41) is 17.3. The van der Waals surface area contributed by atoms with Crippen LogP contribution in [0.3, 0.4) is 0 Å². The van der Waals surface area contributed by atoms with E-state index in [4.69, 9.17) is 4.74 Å². The Bertz CT molecular complexity index is 1050. The van der Waals surface area contributed by atoms with Crippen LogP contribution in [0.2, 0.25) is 0 Å². The van der Waals surface area contributed by atoms with E-state index >= 15 is 0 Å². The van der Waals surface area contributed by atoms with Gasteiger partial charge in [-0.15, -0.1) is 0 Å². The molecule has 1 aliphatic rings. The molecule has 0 bridgehead atoms. The van der Waals surface area contributed by atoms with Gasteiger partial charge in [0.1, 0.15) is 11.8 Å². The number of aromatic nitrogens is 1. The average molecular weight is 462 g/mol. The summed E-state index contributed by atoms with van der Waals surface area (Å²) in [6, 6.07) is 16.8. The normalized spacial score (nSPS) is 15.2. The fraction of sp³-hybridized carbons (Fsp3) is 0.393. The number of aromatic amines is 1. The van der Waals surface area contributed by atoms with E-state index in [1.165, 1.54) is 25.7 Å². The number of carboxylic acid groups (broad SMARTS) is 1. The maximum atomic E-state index is 11.9. The molecule has 0 spiro atoms. The van der Waals surface area contributed by atoms with E-state index < -0.39 is 12.0 Å². The number of piperidine rings is 1. The number of para-hydroxylation sites is 1. The van der Waals surface area contributed by atoms with Crippen LogP contribution < -0.4 is 15.4 Å². The topological polar surface area (TPSA) is 86.4 Å². The van der Waals surface area contributed by atoms with Crippen molar-refractivity contribution in [3.8, 4) is 5.75 Å². The SMILES string of the molecule is C=C(NC(Cc1ccc(OCCCCC2CCNCC2)cc1)C(=O)O)c1cc2ccccc2[nH]1. The molecular weight excluding hydrogens is 426 g/mol. The zero-order valence-corrected chi connectivity index (χ0v) is 19.7. The number of hydrogen-bond acceptors (Lipinski definition) is 4. The van der Waals surface area contributed by atoms with Crippen LogP contribution in [-0.2, 0) is 11.2 Å². The first kappa shape index (κ1) is 23.9. The van der Waals surface area contributed by atoms with Crippen LogP contribution in [0, 0.1) is 5.92 Å². The van der Waals surface area contributed by atoms with Gasteiger partial charge in [0.2, 0.25) is 0 Å². The summed E-state index contributed by atoms with van der Waals surface area (Å²) in [6.45, 7) is 7.08. The fourth-order valence-corrected chi connectivity index (χ4v) is 4.58. The molecule has 6 heteroatoms. The van der Waals surface area contributed by atoms with E-state index in [0.717, 1.165) is 53.3 Å². The molecule has 1 saturated heterocycles. The maximum Gasteiger partial charge on any atom is 0.326 e. The van der Waals surface area contributed by atoms with Crippen LogP contribution in [0.1, 0.15) is 43.4 Å². The zero-order chi connectivity index (χ0) is 23.8. The molecule has 3 aromatic rings. The Hall–Kier alpha value is -3.25. The monoisotopic (exact) mass is 461 g/mol. The van der Waals surface area contributed by atoms with Crippen molar-refractivity contribution in [2.75, 3.05) is 19.7 Å². The van der Waals surface area contributed by atoms with Gasteiger partial charge < -0.3 is 25.5 Å². The number of benzene rings is 2. The van der Waals surface area contributed by atoms with Crippen molar-refractivity contribution < 1.29 is 14.6 Å². The molecule has 0 saturated carbocycles. The number of hydrogen-bond donors (Lipinski definition) is 4. The van der Waals surface area contributed by atoms with Gasteiger partial charge in [-0.2, -0.15) is 0 Å². The lowest BCUT2D eigenvalue weighted by Gasteiger charge is -2.22. The van der Waals surface area contributed by atoms with Crippen LogP contribution in [0.5, 0.6) is 5.75 Å². The fourth-order valence-electron chi connectivity index (χ4n) is 4.58. The zero-order valence-electron chi connectivity index (χ0n) is 19.7. The average Bonchev–Trinajstić information content (AvgIpc) is 3.29. The Morgan fingerprint density at radius 1 is 1.12 bits per heavy atom. The molecule has 1 aliphatic heterocycles. The summed E-state index contributed by atoms with van der Waals surface area (Å²) in [6.07, 6.45) is 6.50. The summed E-state index contributed by atoms with van der Waals surface area (Å²) in [4.78, 5) is 15.2. The van der Waals surface area contributed by atoms with Crippen molar-refractivity contribution in [1.29, 1.82) is 0 Å². The quantitative estimate of drug-likeness (QED) is 0.286. The van der Waals surface area contributed by atoms with Crippen LogP contribution in [-0.4, -0.2) is 41.8 Å². The minimum atomic E-state index is -0.911. The molecule has 4 rings (SSSR count). The standard InChI is InChI=1S/C28H35N3O3/c1-20(26-19-23-7-2-3-8-25(23)31-26)30-27(28(32)33)18-22-9-11-24(12-10-22)34-17-5-4-6-21-13-15-29-16-14-21/h2-3,7-12,19,21,27,29-31H,1,4-6,13-18H2,(H,32,33).